The molecule has 20 heavy (non-hydrogen) atoms. The lowest BCUT2D eigenvalue weighted by Crippen LogP contribution is -2.01. The van der Waals surface area contributed by atoms with Crippen LogP contribution < -0.4 is 0 Å². The molecule has 3 aromatic heterocycles. The number of aromatic nitrogens is 3. The van der Waals surface area contributed by atoms with E-state index in [4.69, 9.17) is 14.9 Å². The molecule has 0 amide bonds. The zero-order valence-electron chi connectivity index (χ0n) is 10.1. The zero-order chi connectivity index (χ0) is 13.9. The summed E-state index contributed by atoms with van der Waals surface area (Å²) in [4.78, 5) is 9.04. The van der Waals surface area contributed by atoms with E-state index in [1.54, 1.807) is 22.1 Å². The number of nitriles is 2. The summed E-state index contributed by atoms with van der Waals surface area (Å²) in [6, 6.07) is 7.72. The van der Waals surface area contributed by atoms with Gasteiger partial charge in [0.1, 0.15) is 18.7 Å². The Hall–Kier alpha value is -2.90. The fourth-order valence-electron chi connectivity index (χ4n) is 1.76. The molecule has 3 heterocycles. The Morgan fingerprint density at radius 2 is 2.20 bits per heavy atom. The van der Waals surface area contributed by atoms with Crippen LogP contribution in [0.1, 0.15) is 17.3 Å². The van der Waals surface area contributed by atoms with Crippen molar-refractivity contribution in [1.82, 2.24) is 14.5 Å². The molecule has 0 saturated heterocycles. The van der Waals surface area contributed by atoms with Crippen molar-refractivity contribution in [3.05, 3.63) is 47.3 Å². The lowest BCUT2D eigenvalue weighted by Gasteiger charge is -1.98. The summed E-state index contributed by atoms with van der Waals surface area (Å²) in [6.45, 7) is 0.267. The predicted octanol–water partition coefficient (Wildman–Crippen LogP) is 2.39. The second-order valence-electron chi connectivity index (χ2n) is 3.89. The molecule has 0 unspecified atom stereocenters. The van der Waals surface area contributed by atoms with Crippen LogP contribution in [-0.4, -0.2) is 14.5 Å². The summed E-state index contributed by atoms with van der Waals surface area (Å²) in [6.07, 6.45) is 3.08. The van der Waals surface area contributed by atoms with Crippen molar-refractivity contribution in [2.75, 3.05) is 0 Å². The average molecular weight is 281 g/mol. The van der Waals surface area contributed by atoms with Gasteiger partial charge in [-0.25, -0.2) is 9.97 Å². The SMILES string of the molecule is N#Cc1ncn(Cc2ncc(-c3cccs3)o2)c1C#N. The van der Waals surface area contributed by atoms with Gasteiger partial charge in [-0.1, -0.05) is 6.07 Å². The summed E-state index contributed by atoms with van der Waals surface area (Å²) >= 11 is 1.56. The van der Waals surface area contributed by atoms with Gasteiger partial charge in [0.15, 0.2) is 17.1 Å². The normalized spacial score (nSPS) is 10.1. The number of hydrogen-bond donors (Lipinski definition) is 0. The van der Waals surface area contributed by atoms with Gasteiger partial charge < -0.3 is 8.98 Å². The van der Waals surface area contributed by atoms with Crippen molar-refractivity contribution >= 4 is 11.3 Å². The van der Waals surface area contributed by atoms with E-state index < -0.39 is 0 Å². The van der Waals surface area contributed by atoms with Crippen LogP contribution in [0.25, 0.3) is 10.6 Å². The maximum absolute atomic E-state index is 9.04. The number of oxazole rings is 1. The monoisotopic (exact) mass is 281 g/mol. The Morgan fingerprint density at radius 3 is 2.90 bits per heavy atom. The molecule has 0 aliphatic heterocycles. The van der Waals surface area contributed by atoms with E-state index in [2.05, 4.69) is 9.97 Å². The molecule has 0 spiro atoms. The van der Waals surface area contributed by atoms with Crippen LogP contribution in [0.3, 0.4) is 0 Å². The van der Waals surface area contributed by atoms with Crippen molar-refractivity contribution in [1.29, 1.82) is 10.5 Å². The average Bonchev–Trinajstić information content (AvgIpc) is 3.19. The molecule has 3 aromatic rings. The number of hydrogen-bond acceptors (Lipinski definition) is 6. The maximum atomic E-state index is 9.04. The highest BCUT2D eigenvalue weighted by Gasteiger charge is 2.13. The molecule has 0 fully saturated rings. The van der Waals surface area contributed by atoms with Gasteiger partial charge in [-0.3, -0.25) is 0 Å². The van der Waals surface area contributed by atoms with E-state index in [1.165, 1.54) is 6.33 Å². The fraction of sp³-hybridized carbons (Fsp3) is 0.0769. The van der Waals surface area contributed by atoms with Crippen LogP contribution >= 0.6 is 11.3 Å². The van der Waals surface area contributed by atoms with Crippen LogP contribution in [0.15, 0.2) is 34.5 Å². The van der Waals surface area contributed by atoms with Crippen LogP contribution in [0.2, 0.25) is 0 Å². The first-order valence-corrected chi connectivity index (χ1v) is 6.53. The number of thiophene rings is 1. The maximum Gasteiger partial charge on any atom is 0.214 e. The molecule has 7 heteroatoms. The molecule has 0 aliphatic rings. The first-order valence-electron chi connectivity index (χ1n) is 5.65. The zero-order valence-corrected chi connectivity index (χ0v) is 11.0. The summed E-state index contributed by atoms with van der Waals surface area (Å²) in [5.41, 5.74) is 0.320. The van der Waals surface area contributed by atoms with E-state index in [0.717, 1.165) is 4.88 Å². The molecule has 96 valence electrons. The number of imidazole rings is 1. The summed E-state index contributed by atoms with van der Waals surface area (Å²) in [5.74, 6) is 1.15. The molecule has 0 atom stereocenters. The van der Waals surface area contributed by atoms with Gasteiger partial charge in [-0.05, 0) is 11.4 Å². The second-order valence-corrected chi connectivity index (χ2v) is 4.84. The molecule has 3 rings (SSSR count). The van der Waals surface area contributed by atoms with Crippen molar-refractivity contribution < 1.29 is 4.42 Å². The van der Waals surface area contributed by atoms with Crippen LogP contribution in [0.5, 0.6) is 0 Å². The van der Waals surface area contributed by atoms with E-state index in [0.29, 0.717) is 11.7 Å². The van der Waals surface area contributed by atoms with E-state index in [1.807, 2.05) is 29.7 Å². The second kappa shape index (κ2) is 5.00. The molecule has 0 bridgehead atoms. The number of nitrogens with zero attached hydrogens (tertiary/aromatic N) is 5. The largest absolute Gasteiger partial charge is 0.438 e. The predicted molar refractivity (Wildman–Crippen MR) is 70.6 cm³/mol. The molecular formula is C13H7N5OS. The molecule has 0 radical (unpaired) electrons. The Bertz CT molecular complexity index is 816. The van der Waals surface area contributed by atoms with Gasteiger partial charge in [0.05, 0.1) is 17.4 Å². The van der Waals surface area contributed by atoms with E-state index >= 15 is 0 Å². The van der Waals surface area contributed by atoms with E-state index in [-0.39, 0.29) is 17.9 Å². The van der Waals surface area contributed by atoms with Crippen molar-refractivity contribution in [2.45, 2.75) is 6.54 Å². The Morgan fingerprint density at radius 1 is 1.30 bits per heavy atom. The highest BCUT2D eigenvalue weighted by Crippen LogP contribution is 2.25. The van der Waals surface area contributed by atoms with Crippen LogP contribution in [0, 0.1) is 22.7 Å². The third kappa shape index (κ3) is 2.07. The standard InChI is InChI=1S/C13H7N5OS/c14-4-9-10(5-15)18(8-17-9)7-13-16-6-11(19-13)12-2-1-3-20-12/h1-3,6,8H,7H2. The molecule has 0 N–H and O–H groups in total. The minimum Gasteiger partial charge on any atom is -0.438 e. The Labute approximate surface area is 118 Å². The topological polar surface area (TPSA) is 91.4 Å². The van der Waals surface area contributed by atoms with Crippen LogP contribution in [0.4, 0.5) is 0 Å². The van der Waals surface area contributed by atoms with E-state index in [9.17, 15) is 0 Å². The summed E-state index contributed by atoms with van der Waals surface area (Å²) in [7, 11) is 0. The smallest absolute Gasteiger partial charge is 0.214 e. The quantitative estimate of drug-likeness (QED) is 0.735. The van der Waals surface area contributed by atoms with Gasteiger partial charge in [0.25, 0.3) is 0 Å². The van der Waals surface area contributed by atoms with Crippen molar-refractivity contribution in [2.24, 2.45) is 0 Å². The fourth-order valence-corrected chi connectivity index (χ4v) is 2.43. The Kier molecular flexibility index (Phi) is 3.04. The first kappa shape index (κ1) is 12.2. The van der Waals surface area contributed by atoms with Gasteiger partial charge >= 0.3 is 0 Å². The molecule has 0 saturated carbocycles. The third-order valence-electron chi connectivity index (χ3n) is 2.67. The summed E-state index contributed by atoms with van der Waals surface area (Å²) < 4.78 is 7.18. The van der Waals surface area contributed by atoms with Gasteiger partial charge in [-0.2, -0.15) is 10.5 Å². The van der Waals surface area contributed by atoms with Crippen LogP contribution in [-0.2, 0) is 6.54 Å². The minimum absolute atomic E-state index is 0.109. The number of rotatable bonds is 3. The molecule has 6 nitrogen and oxygen atoms in total. The lowest BCUT2D eigenvalue weighted by atomic mass is 10.3. The van der Waals surface area contributed by atoms with Gasteiger partial charge in [0.2, 0.25) is 5.89 Å². The minimum atomic E-state index is 0.109. The third-order valence-corrected chi connectivity index (χ3v) is 3.56. The summed E-state index contributed by atoms with van der Waals surface area (Å²) in [5, 5.41) is 19.8. The molecular weight excluding hydrogens is 274 g/mol. The lowest BCUT2D eigenvalue weighted by molar-refractivity contribution is 0.488. The van der Waals surface area contributed by atoms with Gasteiger partial charge in [0, 0.05) is 0 Å². The van der Waals surface area contributed by atoms with Gasteiger partial charge in [-0.15, -0.1) is 11.3 Å². The first-order chi connectivity index (χ1) is 9.81. The molecule has 0 aromatic carbocycles. The molecule has 0 aliphatic carbocycles. The van der Waals surface area contributed by atoms with Crippen molar-refractivity contribution in [3.8, 4) is 22.8 Å². The highest BCUT2D eigenvalue weighted by molar-refractivity contribution is 7.13. The highest BCUT2D eigenvalue weighted by atomic mass is 32.1. The Balaban J connectivity index is 1.88. The van der Waals surface area contributed by atoms with Crippen molar-refractivity contribution in [3.63, 3.8) is 0 Å².